The number of halogens is 2. The van der Waals surface area contributed by atoms with Crippen LogP contribution in [0, 0.1) is 5.82 Å². The largest absolute Gasteiger partial charge is 0.351 e. The van der Waals surface area contributed by atoms with Crippen molar-refractivity contribution in [3.05, 3.63) is 17.3 Å². The highest BCUT2D eigenvalue weighted by Crippen LogP contribution is 2.18. The van der Waals surface area contributed by atoms with Crippen molar-refractivity contribution in [2.75, 3.05) is 37.6 Å². The van der Waals surface area contributed by atoms with Gasteiger partial charge in [-0.15, -0.1) is 0 Å². The number of likely N-dealkylation sites (N-methyl/N-ethyl adjacent to an activating group) is 1. The van der Waals surface area contributed by atoms with E-state index in [1.807, 2.05) is 4.90 Å². The number of hydrogen-bond acceptors (Lipinski definition) is 4. The zero-order valence-corrected chi connectivity index (χ0v) is 9.91. The first-order valence-electron chi connectivity index (χ1n) is 5.36. The van der Waals surface area contributed by atoms with E-state index in [0.29, 0.717) is 5.82 Å². The first-order valence-corrected chi connectivity index (χ1v) is 5.74. The van der Waals surface area contributed by atoms with E-state index in [9.17, 15) is 4.39 Å². The Morgan fingerprint density at radius 1 is 1.38 bits per heavy atom. The van der Waals surface area contributed by atoms with Crippen LogP contribution >= 0.6 is 11.6 Å². The maximum Gasteiger partial charge on any atom is 0.224 e. The fourth-order valence-electron chi connectivity index (χ4n) is 1.83. The minimum absolute atomic E-state index is 0.0920. The molecule has 1 aliphatic heterocycles. The van der Waals surface area contributed by atoms with Gasteiger partial charge in [-0.05, 0) is 18.1 Å². The van der Waals surface area contributed by atoms with Crippen LogP contribution in [0.25, 0.3) is 0 Å². The van der Waals surface area contributed by atoms with Crippen LogP contribution in [-0.2, 0) is 0 Å². The summed E-state index contributed by atoms with van der Waals surface area (Å²) in [5.41, 5.74) is 0. The lowest BCUT2D eigenvalue weighted by Crippen LogP contribution is -2.46. The summed E-state index contributed by atoms with van der Waals surface area (Å²) in [5, 5.41) is 0.0920. The molecular weight excluding hydrogens is 231 g/mol. The van der Waals surface area contributed by atoms with E-state index < -0.39 is 5.82 Å². The number of rotatable bonds is 2. The van der Waals surface area contributed by atoms with Crippen molar-refractivity contribution in [2.45, 2.75) is 6.92 Å². The predicted octanol–water partition coefficient (Wildman–Crippen LogP) is 1.41. The molecule has 2 rings (SSSR count). The van der Waals surface area contributed by atoms with Gasteiger partial charge in [0, 0.05) is 26.2 Å². The summed E-state index contributed by atoms with van der Waals surface area (Å²) in [4.78, 5) is 11.8. The summed E-state index contributed by atoms with van der Waals surface area (Å²) in [6.07, 6.45) is 1.12. The summed E-state index contributed by atoms with van der Waals surface area (Å²) in [5.74, 6) is -0.0925. The van der Waals surface area contributed by atoms with Crippen LogP contribution in [0.5, 0.6) is 0 Å². The molecule has 0 aromatic carbocycles. The molecule has 88 valence electrons. The van der Waals surface area contributed by atoms with Crippen LogP contribution in [0.2, 0.25) is 5.28 Å². The average molecular weight is 245 g/mol. The molecule has 16 heavy (non-hydrogen) atoms. The van der Waals surface area contributed by atoms with Crippen molar-refractivity contribution in [1.82, 2.24) is 14.9 Å². The second kappa shape index (κ2) is 4.93. The highest BCUT2D eigenvalue weighted by Gasteiger charge is 2.20. The average Bonchev–Trinajstić information content (AvgIpc) is 2.32. The van der Waals surface area contributed by atoms with E-state index in [0.717, 1.165) is 38.9 Å². The molecule has 1 aliphatic rings. The Bertz CT molecular complexity index is 366. The molecule has 0 radical (unpaired) electrons. The molecule has 1 saturated heterocycles. The zero-order chi connectivity index (χ0) is 11.5. The molecule has 1 aromatic heterocycles. The topological polar surface area (TPSA) is 32.3 Å². The number of piperazine rings is 1. The Morgan fingerprint density at radius 2 is 2.06 bits per heavy atom. The van der Waals surface area contributed by atoms with Crippen LogP contribution in [0.1, 0.15) is 6.92 Å². The Hall–Kier alpha value is -0.940. The van der Waals surface area contributed by atoms with Gasteiger partial charge >= 0.3 is 0 Å². The van der Waals surface area contributed by atoms with Gasteiger partial charge in [-0.1, -0.05) is 6.92 Å². The van der Waals surface area contributed by atoms with E-state index in [2.05, 4.69) is 21.8 Å². The minimum atomic E-state index is -0.408. The smallest absolute Gasteiger partial charge is 0.224 e. The van der Waals surface area contributed by atoms with Gasteiger partial charge in [0.25, 0.3) is 0 Å². The van der Waals surface area contributed by atoms with Gasteiger partial charge in [-0.25, -0.2) is 9.37 Å². The summed E-state index contributed by atoms with van der Waals surface area (Å²) in [7, 11) is 0. The van der Waals surface area contributed by atoms with E-state index in [1.165, 1.54) is 0 Å². The predicted molar refractivity (Wildman–Crippen MR) is 61.3 cm³/mol. The number of nitrogens with zero attached hydrogens (tertiary/aromatic N) is 4. The van der Waals surface area contributed by atoms with Crippen molar-refractivity contribution < 1.29 is 4.39 Å². The minimum Gasteiger partial charge on any atom is -0.351 e. The van der Waals surface area contributed by atoms with Gasteiger partial charge in [0.05, 0.1) is 6.20 Å². The fourth-order valence-corrected chi connectivity index (χ4v) is 1.96. The molecule has 4 nitrogen and oxygen atoms in total. The summed E-state index contributed by atoms with van der Waals surface area (Å²) in [6.45, 7) is 6.56. The Kier molecular flexibility index (Phi) is 3.56. The molecule has 1 aromatic rings. The molecule has 0 aliphatic carbocycles. The third kappa shape index (κ3) is 2.41. The molecule has 0 N–H and O–H groups in total. The van der Waals surface area contributed by atoms with Crippen LogP contribution in [0.3, 0.4) is 0 Å². The highest BCUT2D eigenvalue weighted by molar-refractivity contribution is 6.28. The number of anilines is 1. The van der Waals surface area contributed by atoms with Crippen molar-refractivity contribution in [3.63, 3.8) is 0 Å². The number of aromatic nitrogens is 2. The lowest BCUT2D eigenvalue weighted by molar-refractivity contribution is 0.269. The Balaban J connectivity index is 2.10. The van der Waals surface area contributed by atoms with Crippen LogP contribution in [0.4, 0.5) is 10.2 Å². The highest BCUT2D eigenvalue weighted by atomic mass is 35.5. The third-order valence-electron chi connectivity index (χ3n) is 2.82. The maximum atomic E-state index is 13.5. The Morgan fingerprint density at radius 3 is 2.69 bits per heavy atom. The van der Waals surface area contributed by atoms with E-state index in [-0.39, 0.29) is 5.28 Å². The molecular formula is C10H14ClFN4. The summed E-state index contributed by atoms with van der Waals surface area (Å²) < 4.78 is 13.5. The molecule has 0 spiro atoms. The van der Waals surface area contributed by atoms with E-state index in [4.69, 9.17) is 11.6 Å². The fraction of sp³-hybridized carbons (Fsp3) is 0.600. The normalized spacial score (nSPS) is 17.8. The van der Waals surface area contributed by atoms with Crippen molar-refractivity contribution in [1.29, 1.82) is 0 Å². The lowest BCUT2D eigenvalue weighted by atomic mass is 10.3. The van der Waals surface area contributed by atoms with Crippen LogP contribution in [-0.4, -0.2) is 47.6 Å². The van der Waals surface area contributed by atoms with Gasteiger partial charge in [-0.3, -0.25) is 0 Å². The second-order valence-corrected chi connectivity index (χ2v) is 4.07. The van der Waals surface area contributed by atoms with Crippen molar-refractivity contribution >= 4 is 17.4 Å². The molecule has 1 fully saturated rings. The molecule has 0 unspecified atom stereocenters. The quantitative estimate of drug-likeness (QED) is 0.737. The molecule has 2 heterocycles. The molecule has 0 atom stereocenters. The second-order valence-electron chi connectivity index (χ2n) is 3.73. The molecule has 6 heteroatoms. The summed E-state index contributed by atoms with van der Waals surface area (Å²) >= 11 is 5.67. The molecule has 0 saturated carbocycles. The van der Waals surface area contributed by atoms with Crippen molar-refractivity contribution in [2.24, 2.45) is 0 Å². The zero-order valence-electron chi connectivity index (χ0n) is 9.16. The standard InChI is InChI=1S/C10H14ClFN4/c1-2-15-3-5-16(6-4-15)9-8(12)7-13-10(11)14-9/h7H,2-6H2,1H3. The van der Waals surface area contributed by atoms with E-state index >= 15 is 0 Å². The maximum absolute atomic E-state index is 13.5. The molecule has 0 amide bonds. The van der Waals surface area contributed by atoms with Gasteiger partial charge in [0.1, 0.15) is 0 Å². The van der Waals surface area contributed by atoms with E-state index in [1.54, 1.807) is 0 Å². The third-order valence-corrected chi connectivity index (χ3v) is 3.00. The summed E-state index contributed by atoms with van der Waals surface area (Å²) in [6, 6.07) is 0. The number of hydrogen-bond donors (Lipinski definition) is 0. The van der Waals surface area contributed by atoms with Gasteiger partial charge in [-0.2, -0.15) is 4.98 Å². The first kappa shape index (κ1) is 11.5. The van der Waals surface area contributed by atoms with Crippen LogP contribution in [0.15, 0.2) is 6.20 Å². The first-order chi connectivity index (χ1) is 7.70. The van der Waals surface area contributed by atoms with Crippen molar-refractivity contribution in [3.8, 4) is 0 Å². The monoisotopic (exact) mass is 244 g/mol. The molecule has 0 bridgehead atoms. The van der Waals surface area contributed by atoms with Gasteiger partial charge < -0.3 is 9.80 Å². The Labute approximate surface area is 99.0 Å². The SMILES string of the molecule is CCN1CCN(c2nc(Cl)ncc2F)CC1. The van der Waals surface area contributed by atoms with Gasteiger partial charge in [0.15, 0.2) is 11.6 Å². The van der Waals surface area contributed by atoms with Gasteiger partial charge in [0.2, 0.25) is 5.28 Å². The lowest BCUT2D eigenvalue weighted by Gasteiger charge is -2.34. The van der Waals surface area contributed by atoms with Crippen LogP contribution < -0.4 is 4.90 Å².